The standard InChI is InChI=1S/C14H19NO2S/c1-14(2,10-7-8-10)15-12-9-18(16,17)13-6-4-3-5-11(12)13/h3-6,10,12,15H,7-9H2,1-2H3. The quantitative estimate of drug-likeness (QED) is 0.912. The molecule has 1 fully saturated rings. The van der Waals surface area contributed by atoms with Crippen LogP contribution in [0.3, 0.4) is 0 Å². The molecule has 1 unspecified atom stereocenters. The molecule has 98 valence electrons. The minimum atomic E-state index is -3.09. The van der Waals surface area contributed by atoms with Crippen LogP contribution in [0.25, 0.3) is 0 Å². The maximum Gasteiger partial charge on any atom is 0.180 e. The van der Waals surface area contributed by atoms with E-state index >= 15 is 0 Å². The highest BCUT2D eigenvalue weighted by Gasteiger charge is 2.42. The number of rotatable bonds is 3. The predicted molar refractivity (Wildman–Crippen MR) is 71.2 cm³/mol. The molecule has 3 nitrogen and oxygen atoms in total. The van der Waals surface area contributed by atoms with E-state index in [1.807, 2.05) is 12.1 Å². The SMILES string of the molecule is CC(C)(NC1CS(=O)(=O)c2ccccc21)C1CC1. The second-order valence-electron chi connectivity index (χ2n) is 6.01. The summed E-state index contributed by atoms with van der Waals surface area (Å²) in [6.45, 7) is 4.36. The first-order valence-electron chi connectivity index (χ1n) is 6.49. The monoisotopic (exact) mass is 265 g/mol. The lowest BCUT2D eigenvalue weighted by Gasteiger charge is -2.30. The molecule has 0 spiro atoms. The Morgan fingerprint density at radius 2 is 1.89 bits per heavy atom. The predicted octanol–water partition coefficient (Wildman–Crippen LogP) is 2.29. The van der Waals surface area contributed by atoms with Crippen LogP contribution in [0.1, 0.15) is 38.3 Å². The summed E-state index contributed by atoms with van der Waals surface area (Å²) in [6.07, 6.45) is 2.50. The first-order valence-corrected chi connectivity index (χ1v) is 8.15. The van der Waals surface area contributed by atoms with Gasteiger partial charge in [0.05, 0.1) is 10.6 Å². The molecule has 2 aliphatic rings. The van der Waals surface area contributed by atoms with Crippen molar-refractivity contribution < 1.29 is 8.42 Å². The van der Waals surface area contributed by atoms with Crippen molar-refractivity contribution >= 4 is 9.84 Å². The van der Waals surface area contributed by atoms with E-state index in [9.17, 15) is 8.42 Å². The first-order chi connectivity index (χ1) is 8.40. The molecule has 1 aromatic rings. The average Bonchev–Trinajstić information content (AvgIpc) is 3.08. The van der Waals surface area contributed by atoms with Crippen molar-refractivity contribution in [3.63, 3.8) is 0 Å². The summed E-state index contributed by atoms with van der Waals surface area (Å²) < 4.78 is 24.2. The van der Waals surface area contributed by atoms with E-state index in [1.54, 1.807) is 12.1 Å². The Morgan fingerprint density at radius 1 is 1.22 bits per heavy atom. The van der Waals surface area contributed by atoms with Crippen LogP contribution in [0, 0.1) is 5.92 Å². The number of hydrogen-bond acceptors (Lipinski definition) is 3. The topological polar surface area (TPSA) is 46.2 Å². The zero-order chi connectivity index (χ0) is 13.0. The average molecular weight is 265 g/mol. The van der Waals surface area contributed by atoms with Gasteiger partial charge in [0.1, 0.15) is 0 Å². The Balaban J connectivity index is 1.92. The fraction of sp³-hybridized carbons (Fsp3) is 0.571. The Kier molecular flexibility index (Phi) is 2.58. The van der Waals surface area contributed by atoms with Crippen LogP contribution in [0.5, 0.6) is 0 Å². The molecule has 1 aliphatic carbocycles. The molecule has 0 radical (unpaired) electrons. The van der Waals surface area contributed by atoms with E-state index in [0.717, 1.165) is 5.56 Å². The van der Waals surface area contributed by atoms with Crippen molar-refractivity contribution in [1.29, 1.82) is 0 Å². The molecule has 1 aromatic carbocycles. The van der Waals surface area contributed by atoms with Crippen LogP contribution in [0.2, 0.25) is 0 Å². The number of hydrogen-bond donors (Lipinski definition) is 1. The van der Waals surface area contributed by atoms with Crippen LogP contribution >= 0.6 is 0 Å². The van der Waals surface area contributed by atoms with Crippen molar-refractivity contribution in [2.75, 3.05) is 5.75 Å². The molecular formula is C14H19NO2S. The maximum absolute atomic E-state index is 12.1. The van der Waals surface area contributed by atoms with Crippen LogP contribution in [-0.2, 0) is 9.84 Å². The van der Waals surface area contributed by atoms with Gasteiger partial charge in [0, 0.05) is 11.6 Å². The molecule has 1 heterocycles. The first kappa shape index (κ1) is 12.2. The summed E-state index contributed by atoms with van der Waals surface area (Å²) in [5, 5.41) is 3.55. The third-order valence-electron chi connectivity index (χ3n) is 4.16. The van der Waals surface area contributed by atoms with Gasteiger partial charge in [-0.2, -0.15) is 0 Å². The second kappa shape index (κ2) is 3.81. The summed E-state index contributed by atoms with van der Waals surface area (Å²) >= 11 is 0. The minimum absolute atomic E-state index is 0.0254. The summed E-state index contributed by atoms with van der Waals surface area (Å²) in [7, 11) is -3.09. The highest BCUT2D eigenvalue weighted by molar-refractivity contribution is 7.91. The largest absolute Gasteiger partial charge is 0.304 e. The van der Waals surface area contributed by atoms with Gasteiger partial charge >= 0.3 is 0 Å². The Hall–Kier alpha value is -0.870. The smallest absolute Gasteiger partial charge is 0.180 e. The van der Waals surface area contributed by atoms with Crippen molar-refractivity contribution in [2.45, 2.75) is 43.2 Å². The van der Waals surface area contributed by atoms with E-state index in [0.29, 0.717) is 10.8 Å². The van der Waals surface area contributed by atoms with E-state index in [2.05, 4.69) is 19.2 Å². The van der Waals surface area contributed by atoms with Crippen molar-refractivity contribution in [3.05, 3.63) is 29.8 Å². The molecule has 4 heteroatoms. The number of fused-ring (bicyclic) bond motifs is 1. The summed E-state index contributed by atoms with van der Waals surface area (Å²) in [5.41, 5.74) is 0.962. The fourth-order valence-electron chi connectivity index (χ4n) is 2.94. The third-order valence-corrected chi connectivity index (χ3v) is 5.97. The highest BCUT2D eigenvalue weighted by atomic mass is 32.2. The van der Waals surface area contributed by atoms with Crippen LogP contribution in [0.15, 0.2) is 29.2 Å². The summed E-state index contributed by atoms with van der Waals surface area (Å²) in [6, 6.07) is 7.31. The molecule has 0 aromatic heterocycles. The summed E-state index contributed by atoms with van der Waals surface area (Å²) in [5.74, 6) is 0.885. The van der Waals surface area contributed by atoms with E-state index in [4.69, 9.17) is 0 Å². The highest BCUT2D eigenvalue weighted by Crippen LogP contribution is 2.42. The number of sulfone groups is 1. The summed E-state index contributed by atoms with van der Waals surface area (Å²) in [4.78, 5) is 0.508. The van der Waals surface area contributed by atoms with E-state index in [-0.39, 0.29) is 17.3 Å². The van der Waals surface area contributed by atoms with Gasteiger partial charge in [0.15, 0.2) is 9.84 Å². The number of benzene rings is 1. The molecule has 1 aliphatic heterocycles. The van der Waals surface area contributed by atoms with Gasteiger partial charge in [-0.3, -0.25) is 0 Å². The Morgan fingerprint density at radius 3 is 2.56 bits per heavy atom. The maximum atomic E-state index is 12.1. The van der Waals surface area contributed by atoms with Crippen LogP contribution in [-0.4, -0.2) is 19.7 Å². The van der Waals surface area contributed by atoms with E-state index in [1.165, 1.54) is 12.8 Å². The second-order valence-corrected chi connectivity index (χ2v) is 8.01. The van der Waals surface area contributed by atoms with Gasteiger partial charge in [-0.25, -0.2) is 8.42 Å². The van der Waals surface area contributed by atoms with Crippen molar-refractivity contribution in [2.24, 2.45) is 5.92 Å². The van der Waals surface area contributed by atoms with Gasteiger partial charge in [-0.05, 0) is 44.2 Å². The zero-order valence-electron chi connectivity index (χ0n) is 10.8. The molecular weight excluding hydrogens is 246 g/mol. The fourth-order valence-corrected chi connectivity index (χ4v) is 4.68. The lowest BCUT2D eigenvalue weighted by atomic mass is 9.96. The Labute approximate surface area is 109 Å². The molecule has 0 amide bonds. The van der Waals surface area contributed by atoms with Gasteiger partial charge in [0.2, 0.25) is 0 Å². The van der Waals surface area contributed by atoms with Gasteiger partial charge in [0.25, 0.3) is 0 Å². The normalized spacial score (nSPS) is 26.0. The van der Waals surface area contributed by atoms with Gasteiger partial charge in [-0.15, -0.1) is 0 Å². The molecule has 1 atom stereocenters. The van der Waals surface area contributed by atoms with Crippen LogP contribution < -0.4 is 5.32 Å². The molecule has 0 saturated heterocycles. The lowest BCUT2D eigenvalue weighted by Crippen LogP contribution is -2.44. The van der Waals surface area contributed by atoms with Gasteiger partial charge in [-0.1, -0.05) is 18.2 Å². The zero-order valence-corrected chi connectivity index (χ0v) is 11.6. The molecule has 18 heavy (non-hydrogen) atoms. The molecule has 3 rings (SSSR count). The molecule has 1 N–H and O–H groups in total. The molecule has 1 saturated carbocycles. The third kappa shape index (κ3) is 1.97. The lowest BCUT2D eigenvalue weighted by molar-refractivity contribution is 0.310. The minimum Gasteiger partial charge on any atom is -0.304 e. The Bertz CT molecular complexity index is 573. The van der Waals surface area contributed by atoms with E-state index < -0.39 is 9.84 Å². The van der Waals surface area contributed by atoms with Gasteiger partial charge < -0.3 is 5.32 Å². The number of nitrogens with one attached hydrogen (secondary N) is 1. The van der Waals surface area contributed by atoms with Crippen molar-refractivity contribution in [1.82, 2.24) is 5.32 Å². The van der Waals surface area contributed by atoms with Crippen LogP contribution in [0.4, 0.5) is 0 Å². The molecule has 0 bridgehead atoms. The van der Waals surface area contributed by atoms with Crippen molar-refractivity contribution in [3.8, 4) is 0 Å².